The van der Waals surface area contributed by atoms with E-state index in [1.807, 2.05) is 24.3 Å². The zero-order valence-corrected chi connectivity index (χ0v) is 32.2. The van der Waals surface area contributed by atoms with Crippen LogP contribution < -0.4 is 4.74 Å². The Balaban J connectivity index is 1.37. The van der Waals surface area contributed by atoms with Gasteiger partial charge < -0.3 is 19.4 Å². The highest BCUT2D eigenvalue weighted by molar-refractivity contribution is 5.97. The summed E-state index contributed by atoms with van der Waals surface area (Å²) in [5, 5.41) is 0. The number of nitrogens with one attached hydrogen (secondary N) is 2. The topological polar surface area (TPSA) is 75.8 Å². The summed E-state index contributed by atoms with van der Waals surface area (Å²) in [6, 6.07) is 50.3. The molecule has 2 N–H and O–H groups in total. The van der Waals surface area contributed by atoms with Crippen LogP contribution >= 0.6 is 0 Å². The molecule has 7 aromatic rings. The van der Waals surface area contributed by atoms with Gasteiger partial charge in [0.05, 0.1) is 29.1 Å². The highest BCUT2D eigenvalue weighted by Crippen LogP contribution is 2.43. The van der Waals surface area contributed by atoms with Gasteiger partial charge in [-0.3, -0.25) is 0 Å². The van der Waals surface area contributed by atoms with Crippen LogP contribution in [0.3, 0.4) is 0 Å². The van der Waals surface area contributed by atoms with Crippen molar-refractivity contribution in [2.24, 2.45) is 0 Å². The Hall–Kier alpha value is -6.50. The lowest BCUT2D eigenvalue weighted by Crippen LogP contribution is -2.10. The van der Waals surface area contributed by atoms with Crippen molar-refractivity contribution in [1.82, 2.24) is 19.9 Å². The number of fused-ring (bicyclic) bond motifs is 8. The Morgan fingerprint density at radius 1 is 0.474 bits per heavy atom. The van der Waals surface area contributed by atoms with Crippen LogP contribution in [-0.4, -0.2) is 26.5 Å². The van der Waals surface area contributed by atoms with E-state index in [-0.39, 0.29) is 0 Å². The van der Waals surface area contributed by atoms with Crippen molar-refractivity contribution in [3.63, 3.8) is 0 Å². The molecular formula is C51H46N4O2. The van der Waals surface area contributed by atoms with Gasteiger partial charge in [0, 0.05) is 33.2 Å². The quantitative estimate of drug-likeness (QED) is 0.122. The van der Waals surface area contributed by atoms with Crippen LogP contribution in [0.5, 0.6) is 5.88 Å². The van der Waals surface area contributed by atoms with Gasteiger partial charge in [-0.05, 0) is 65.1 Å². The second-order valence-electron chi connectivity index (χ2n) is 14.6. The van der Waals surface area contributed by atoms with Crippen molar-refractivity contribution in [2.75, 3.05) is 6.61 Å². The predicted octanol–water partition coefficient (Wildman–Crippen LogP) is 13.6. The van der Waals surface area contributed by atoms with Gasteiger partial charge in [-0.15, -0.1) is 0 Å². The third kappa shape index (κ3) is 7.57. The Labute approximate surface area is 334 Å². The second kappa shape index (κ2) is 16.7. The van der Waals surface area contributed by atoms with E-state index >= 15 is 0 Å². The number of aromatic amines is 2. The number of rotatable bonds is 12. The minimum absolute atomic E-state index is 0.511. The third-order valence-electron chi connectivity index (χ3n) is 10.8. The zero-order valence-electron chi connectivity index (χ0n) is 32.2. The number of benzene rings is 4. The van der Waals surface area contributed by atoms with Crippen LogP contribution in [-0.2, 0) is 4.74 Å². The number of hydrogen-bond donors (Lipinski definition) is 2. The summed E-state index contributed by atoms with van der Waals surface area (Å²) in [4.78, 5) is 18.5. The monoisotopic (exact) mass is 746 g/mol. The fraction of sp³-hybridized carbons (Fsp3) is 0.176. The first-order valence-electron chi connectivity index (χ1n) is 20.2. The van der Waals surface area contributed by atoms with E-state index in [4.69, 9.17) is 19.4 Å². The van der Waals surface area contributed by atoms with Gasteiger partial charge in [-0.1, -0.05) is 160 Å². The minimum Gasteiger partial charge on any atom is -0.441 e. The summed E-state index contributed by atoms with van der Waals surface area (Å²) in [6.45, 7) is 2.82. The van der Waals surface area contributed by atoms with Crippen LogP contribution in [0.2, 0.25) is 0 Å². The molecule has 6 nitrogen and oxygen atoms in total. The number of H-pyrrole nitrogens is 2. The van der Waals surface area contributed by atoms with Crippen LogP contribution in [0.4, 0.5) is 0 Å². The average molecular weight is 747 g/mol. The van der Waals surface area contributed by atoms with Gasteiger partial charge in [-0.25, -0.2) is 9.97 Å². The summed E-state index contributed by atoms with van der Waals surface area (Å²) in [7, 11) is 0. The van der Waals surface area contributed by atoms with Gasteiger partial charge in [0.25, 0.3) is 0 Å². The molecule has 0 saturated heterocycles. The number of unbranched alkanes of at least 4 members (excludes halogenated alkanes) is 5. The summed E-state index contributed by atoms with van der Waals surface area (Å²) < 4.78 is 13.6. The molecule has 4 aromatic carbocycles. The first kappa shape index (κ1) is 36.2. The van der Waals surface area contributed by atoms with Gasteiger partial charge in [0.15, 0.2) is 0 Å². The van der Waals surface area contributed by atoms with Crippen molar-refractivity contribution >= 4 is 34.2 Å². The molecule has 2 aliphatic rings. The van der Waals surface area contributed by atoms with Crippen molar-refractivity contribution in [3.8, 4) is 50.4 Å². The Kier molecular flexibility index (Phi) is 10.6. The maximum Gasteiger partial charge on any atom is 0.246 e. The van der Waals surface area contributed by atoms with Crippen LogP contribution in [0.15, 0.2) is 146 Å². The SMILES string of the molecule is CCCCCCCCOC1Oc2nc1c(-c1ccccc1)c1ccc([nH]1)c(-c1ccccc1)c1nc(c(-c3ccccc3)c3ccc([nH]3)c2-c2ccccc2)C=C1. The zero-order chi connectivity index (χ0) is 38.4. The van der Waals surface area contributed by atoms with E-state index in [1.54, 1.807) is 0 Å². The average Bonchev–Trinajstić information content (AvgIpc) is 4.10. The van der Waals surface area contributed by atoms with E-state index in [0.29, 0.717) is 12.5 Å². The summed E-state index contributed by atoms with van der Waals surface area (Å²) in [5.41, 5.74) is 14.1. The van der Waals surface area contributed by atoms with Gasteiger partial charge in [0.1, 0.15) is 5.69 Å². The molecule has 0 fully saturated rings. The highest BCUT2D eigenvalue weighted by atomic mass is 16.7. The Morgan fingerprint density at radius 3 is 1.40 bits per heavy atom. The van der Waals surface area contributed by atoms with Gasteiger partial charge in [0.2, 0.25) is 12.2 Å². The molecule has 0 saturated carbocycles. The summed E-state index contributed by atoms with van der Waals surface area (Å²) in [5.74, 6) is 0.511. The summed E-state index contributed by atoms with van der Waals surface area (Å²) >= 11 is 0. The number of hydrogen-bond acceptors (Lipinski definition) is 4. The molecule has 3 aromatic heterocycles. The Morgan fingerprint density at radius 2 is 0.895 bits per heavy atom. The molecule has 8 bridgehead atoms. The minimum atomic E-state index is -0.718. The molecule has 9 rings (SSSR count). The fourth-order valence-corrected chi connectivity index (χ4v) is 7.97. The number of nitrogens with zero attached hydrogens (tertiary/aromatic N) is 2. The lowest BCUT2D eigenvalue weighted by molar-refractivity contribution is -0.0760. The van der Waals surface area contributed by atoms with E-state index in [9.17, 15) is 0 Å². The third-order valence-corrected chi connectivity index (χ3v) is 10.8. The molecule has 2 aliphatic heterocycles. The predicted molar refractivity (Wildman–Crippen MR) is 234 cm³/mol. The van der Waals surface area contributed by atoms with E-state index in [0.717, 1.165) is 96.5 Å². The smallest absolute Gasteiger partial charge is 0.246 e. The first-order valence-corrected chi connectivity index (χ1v) is 20.2. The molecule has 6 heteroatoms. The molecule has 5 heterocycles. The van der Waals surface area contributed by atoms with E-state index < -0.39 is 6.29 Å². The van der Waals surface area contributed by atoms with Gasteiger partial charge in [-0.2, -0.15) is 0 Å². The van der Waals surface area contributed by atoms with E-state index in [2.05, 4.69) is 150 Å². The molecule has 1 atom stereocenters. The summed E-state index contributed by atoms with van der Waals surface area (Å²) in [6.07, 6.45) is 10.6. The lowest BCUT2D eigenvalue weighted by atomic mass is 10.0. The van der Waals surface area contributed by atoms with Crippen molar-refractivity contribution < 1.29 is 9.47 Å². The van der Waals surface area contributed by atoms with Crippen LogP contribution in [0.25, 0.3) is 78.7 Å². The van der Waals surface area contributed by atoms with Crippen molar-refractivity contribution in [1.29, 1.82) is 0 Å². The molecule has 1 unspecified atom stereocenters. The van der Waals surface area contributed by atoms with Gasteiger partial charge >= 0.3 is 0 Å². The maximum atomic E-state index is 6.93. The van der Waals surface area contributed by atoms with E-state index in [1.165, 1.54) is 25.7 Å². The molecule has 57 heavy (non-hydrogen) atoms. The second-order valence-corrected chi connectivity index (χ2v) is 14.6. The van der Waals surface area contributed by atoms with Crippen LogP contribution in [0, 0.1) is 0 Å². The molecule has 0 spiro atoms. The number of aromatic nitrogens is 4. The highest BCUT2D eigenvalue weighted by Gasteiger charge is 2.30. The molecule has 282 valence electrons. The largest absolute Gasteiger partial charge is 0.441 e. The molecular weight excluding hydrogens is 701 g/mol. The normalized spacial score (nSPS) is 13.5. The lowest BCUT2D eigenvalue weighted by Gasteiger charge is -2.15. The first-order chi connectivity index (χ1) is 28.2. The molecule has 0 amide bonds. The standard InChI is InChI=1S/C51H46N4O2/c1-2-3-4-5-6-19-34-56-51-49-47(37-24-15-9-16-25-37)43-32-30-41(53-43)45(35-20-11-7-12-21-35)39-28-29-40(52-39)46(36-22-13-8-14-23-36)42-31-33-44(54-42)48(50(55-49)57-51)38-26-17-10-18-27-38/h7-18,20-33,51,53-54H,2-6,19,34H2,1H3. The fourth-order valence-electron chi connectivity index (χ4n) is 7.97. The molecule has 0 aliphatic carbocycles. The van der Waals surface area contributed by atoms with Crippen LogP contribution in [0.1, 0.15) is 68.8 Å². The number of ether oxygens (including phenoxy) is 2. The van der Waals surface area contributed by atoms with Crippen molar-refractivity contribution in [3.05, 3.63) is 163 Å². The Bertz CT molecular complexity index is 2670. The molecule has 0 radical (unpaired) electrons. The van der Waals surface area contributed by atoms with Crippen molar-refractivity contribution in [2.45, 2.75) is 51.7 Å². The maximum absolute atomic E-state index is 6.93.